The molecule has 0 aliphatic heterocycles. The maximum Gasteiger partial charge on any atom is 0.351 e. The molecule has 1 N–H and O–H groups in total. The molecule has 0 amide bonds. The smallest absolute Gasteiger partial charge is 0.351 e. The fraction of sp³-hybridized carbons (Fsp3) is 0.0833. The molecule has 0 bridgehead atoms. The molecule has 0 spiro atoms. The maximum absolute atomic E-state index is 11.5. The highest BCUT2D eigenvalue weighted by Gasteiger charge is 2.22. The van der Waals surface area contributed by atoms with Crippen molar-refractivity contribution in [1.29, 1.82) is 0 Å². The lowest BCUT2D eigenvalue weighted by Gasteiger charge is -2.05. The Kier molecular flexibility index (Phi) is 2.51. The van der Waals surface area contributed by atoms with Crippen molar-refractivity contribution in [3.63, 3.8) is 0 Å². The van der Waals surface area contributed by atoms with E-state index in [1.807, 2.05) is 0 Å². The van der Waals surface area contributed by atoms with Crippen LogP contribution >= 0.6 is 0 Å². The zero-order chi connectivity index (χ0) is 12.6. The zero-order valence-electron chi connectivity index (χ0n) is 8.89. The van der Waals surface area contributed by atoms with Crippen LogP contribution in [0.2, 0.25) is 0 Å². The summed E-state index contributed by atoms with van der Waals surface area (Å²) >= 11 is 0. The van der Waals surface area contributed by atoms with Gasteiger partial charge in [0.05, 0.1) is 5.56 Å². The van der Waals surface area contributed by atoms with Crippen LogP contribution in [-0.4, -0.2) is 16.9 Å². The summed E-state index contributed by atoms with van der Waals surface area (Å²) in [7, 11) is 0. The van der Waals surface area contributed by atoms with Crippen LogP contribution in [-0.2, 0) is 0 Å². The fourth-order valence-electron chi connectivity index (χ4n) is 1.71. The van der Waals surface area contributed by atoms with E-state index in [0.717, 1.165) is 0 Å². The minimum atomic E-state index is -1.46. The molecule has 86 valence electrons. The summed E-state index contributed by atoms with van der Waals surface area (Å²) in [6, 6.07) is 6.33. The van der Waals surface area contributed by atoms with E-state index in [1.165, 1.54) is 13.0 Å². The van der Waals surface area contributed by atoms with Crippen LogP contribution in [0.3, 0.4) is 0 Å². The highest BCUT2D eigenvalue weighted by Crippen LogP contribution is 2.20. The van der Waals surface area contributed by atoms with E-state index < -0.39 is 22.9 Å². The average molecular weight is 232 g/mol. The molecule has 0 atom stereocenters. The predicted molar refractivity (Wildman–Crippen MR) is 59.4 cm³/mol. The number of hydrogen-bond acceptors (Lipinski definition) is 4. The van der Waals surface area contributed by atoms with Crippen LogP contribution in [0.25, 0.3) is 11.0 Å². The van der Waals surface area contributed by atoms with Gasteiger partial charge < -0.3 is 9.52 Å². The van der Waals surface area contributed by atoms with Crippen LogP contribution in [0.1, 0.15) is 27.6 Å². The van der Waals surface area contributed by atoms with E-state index in [9.17, 15) is 14.4 Å². The first-order valence-corrected chi connectivity index (χ1v) is 4.82. The van der Waals surface area contributed by atoms with Gasteiger partial charge in [-0.2, -0.15) is 0 Å². The summed E-state index contributed by atoms with van der Waals surface area (Å²) in [6.07, 6.45) is 0. The molecule has 0 unspecified atom stereocenters. The molecule has 0 radical (unpaired) electrons. The molecule has 5 nitrogen and oxygen atoms in total. The molecule has 0 saturated heterocycles. The van der Waals surface area contributed by atoms with Crippen LogP contribution in [0.4, 0.5) is 0 Å². The van der Waals surface area contributed by atoms with Crippen molar-refractivity contribution in [2.75, 3.05) is 0 Å². The third kappa shape index (κ3) is 1.71. The summed E-state index contributed by atoms with van der Waals surface area (Å²) in [5.41, 5.74) is -1.53. The third-order valence-corrected chi connectivity index (χ3v) is 2.38. The summed E-state index contributed by atoms with van der Waals surface area (Å²) in [5, 5.41) is 9.27. The first-order chi connectivity index (χ1) is 8.02. The van der Waals surface area contributed by atoms with Gasteiger partial charge in [-0.05, 0) is 13.0 Å². The second-order valence-electron chi connectivity index (χ2n) is 3.50. The van der Waals surface area contributed by atoms with Crippen LogP contribution < -0.4 is 5.63 Å². The average Bonchev–Trinajstić information content (AvgIpc) is 2.26. The normalized spacial score (nSPS) is 10.4. The number of benzene rings is 1. The SMILES string of the molecule is CC(=O)c1c(C(=O)O)c(=O)oc2ccccc12. The summed E-state index contributed by atoms with van der Waals surface area (Å²) in [6.45, 7) is 1.22. The Hall–Kier alpha value is -2.43. The number of rotatable bonds is 2. The van der Waals surface area contributed by atoms with Crippen molar-refractivity contribution in [3.8, 4) is 0 Å². The summed E-state index contributed by atoms with van der Waals surface area (Å²) in [5.74, 6) is -1.94. The summed E-state index contributed by atoms with van der Waals surface area (Å²) in [4.78, 5) is 34.0. The standard InChI is InChI=1S/C12H8O5/c1-6(13)9-7-4-2-3-5-8(7)17-12(16)10(9)11(14)15/h2-5H,1H3,(H,14,15). The number of carbonyl (C=O) groups excluding carboxylic acids is 1. The molecule has 1 heterocycles. The van der Waals surface area contributed by atoms with Gasteiger partial charge in [-0.3, -0.25) is 4.79 Å². The van der Waals surface area contributed by atoms with E-state index in [2.05, 4.69) is 0 Å². The Bertz CT molecular complexity index is 681. The van der Waals surface area contributed by atoms with Crippen molar-refractivity contribution in [2.45, 2.75) is 6.92 Å². The van der Waals surface area contributed by atoms with Gasteiger partial charge in [-0.15, -0.1) is 0 Å². The molecule has 5 heteroatoms. The van der Waals surface area contributed by atoms with Crippen molar-refractivity contribution in [3.05, 3.63) is 45.8 Å². The predicted octanol–water partition coefficient (Wildman–Crippen LogP) is 1.69. The van der Waals surface area contributed by atoms with Gasteiger partial charge in [0.2, 0.25) is 0 Å². The van der Waals surface area contributed by atoms with Crippen LogP contribution in [0.15, 0.2) is 33.5 Å². The lowest BCUT2D eigenvalue weighted by Crippen LogP contribution is -2.19. The molecule has 1 aromatic heterocycles. The molecule has 0 saturated carbocycles. The van der Waals surface area contributed by atoms with Gasteiger partial charge in [0, 0.05) is 5.39 Å². The molecule has 2 aromatic rings. The van der Waals surface area contributed by atoms with Gasteiger partial charge in [0.15, 0.2) is 11.3 Å². The van der Waals surface area contributed by atoms with Crippen molar-refractivity contribution < 1.29 is 19.1 Å². The quantitative estimate of drug-likeness (QED) is 0.629. The molecular weight excluding hydrogens is 224 g/mol. The minimum absolute atomic E-state index is 0.107. The fourth-order valence-corrected chi connectivity index (χ4v) is 1.71. The topological polar surface area (TPSA) is 84.6 Å². The number of carbonyl (C=O) groups is 2. The van der Waals surface area contributed by atoms with Gasteiger partial charge in [-0.25, -0.2) is 9.59 Å². The van der Waals surface area contributed by atoms with Crippen LogP contribution in [0, 0.1) is 0 Å². The lowest BCUT2D eigenvalue weighted by atomic mass is 10.0. The first kappa shape index (κ1) is 11.1. The molecular formula is C12H8O5. The van der Waals surface area contributed by atoms with Gasteiger partial charge >= 0.3 is 11.6 Å². The lowest BCUT2D eigenvalue weighted by molar-refractivity contribution is 0.0688. The van der Waals surface area contributed by atoms with Crippen molar-refractivity contribution in [1.82, 2.24) is 0 Å². The van der Waals surface area contributed by atoms with E-state index in [0.29, 0.717) is 5.39 Å². The molecule has 0 fully saturated rings. The number of ketones is 1. The van der Waals surface area contributed by atoms with Crippen molar-refractivity contribution >= 4 is 22.7 Å². The Labute approximate surface area is 95.3 Å². The van der Waals surface area contributed by atoms with E-state index in [1.54, 1.807) is 18.2 Å². The van der Waals surface area contributed by atoms with Gasteiger partial charge in [0.1, 0.15) is 5.58 Å². The number of carboxylic acid groups (broad SMARTS) is 1. The molecule has 1 aromatic carbocycles. The van der Waals surface area contributed by atoms with Crippen LogP contribution in [0.5, 0.6) is 0 Å². The minimum Gasteiger partial charge on any atom is -0.477 e. The van der Waals surface area contributed by atoms with E-state index in [-0.39, 0.29) is 11.1 Å². The Morgan fingerprint density at radius 2 is 1.82 bits per heavy atom. The highest BCUT2D eigenvalue weighted by molar-refractivity contribution is 6.12. The van der Waals surface area contributed by atoms with Gasteiger partial charge in [-0.1, -0.05) is 18.2 Å². The van der Waals surface area contributed by atoms with Gasteiger partial charge in [0.25, 0.3) is 0 Å². The Balaban J connectivity index is 3.04. The number of carboxylic acids is 1. The first-order valence-electron chi connectivity index (χ1n) is 4.82. The zero-order valence-corrected chi connectivity index (χ0v) is 8.89. The molecule has 0 aliphatic carbocycles. The second-order valence-corrected chi connectivity index (χ2v) is 3.50. The summed E-state index contributed by atoms with van der Waals surface area (Å²) < 4.78 is 4.86. The number of fused-ring (bicyclic) bond motifs is 1. The molecule has 17 heavy (non-hydrogen) atoms. The Morgan fingerprint density at radius 1 is 1.18 bits per heavy atom. The van der Waals surface area contributed by atoms with Crippen molar-refractivity contribution in [2.24, 2.45) is 0 Å². The number of para-hydroxylation sites is 1. The molecule has 2 rings (SSSR count). The maximum atomic E-state index is 11.5. The number of hydrogen-bond donors (Lipinski definition) is 1. The third-order valence-electron chi connectivity index (χ3n) is 2.38. The number of aromatic carboxylic acids is 1. The second kappa shape index (κ2) is 3.86. The number of Topliss-reactive ketones (excluding diaryl/α,β-unsaturated/α-hetero) is 1. The Morgan fingerprint density at radius 3 is 2.41 bits per heavy atom. The highest BCUT2D eigenvalue weighted by atomic mass is 16.4. The van der Waals surface area contributed by atoms with E-state index in [4.69, 9.17) is 9.52 Å². The molecule has 0 aliphatic rings. The monoisotopic (exact) mass is 232 g/mol. The largest absolute Gasteiger partial charge is 0.477 e. The van der Waals surface area contributed by atoms with E-state index >= 15 is 0 Å².